The van der Waals surface area contributed by atoms with E-state index in [1.54, 1.807) is 19.1 Å². The second-order valence-electron chi connectivity index (χ2n) is 3.63. The lowest BCUT2D eigenvalue weighted by Crippen LogP contribution is -1.94. The van der Waals surface area contributed by atoms with Gasteiger partial charge in [-0.3, -0.25) is 10.1 Å². The molecule has 0 spiro atoms. The van der Waals surface area contributed by atoms with Crippen LogP contribution in [0.2, 0.25) is 0 Å². The molecule has 1 aromatic heterocycles. The van der Waals surface area contributed by atoms with Gasteiger partial charge in [0.25, 0.3) is 5.69 Å². The Morgan fingerprint density at radius 1 is 1.33 bits per heavy atom. The van der Waals surface area contributed by atoms with E-state index in [1.165, 1.54) is 12.3 Å². The van der Waals surface area contributed by atoms with Crippen LogP contribution >= 0.6 is 15.9 Å². The van der Waals surface area contributed by atoms with Crippen molar-refractivity contribution >= 4 is 21.6 Å². The molecule has 2 rings (SSSR count). The number of aromatic nitrogens is 1. The quantitative estimate of drug-likeness (QED) is 0.638. The van der Waals surface area contributed by atoms with Crippen molar-refractivity contribution in [3.05, 3.63) is 56.7 Å². The number of hydrogen-bond donors (Lipinski definition) is 0. The lowest BCUT2D eigenvalue weighted by Gasteiger charge is -2.06. The van der Waals surface area contributed by atoms with Crippen LogP contribution in [0.15, 0.2) is 41.0 Å². The molecule has 0 aliphatic carbocycles. The van der Waals surface area contributed by atoms with Crippen molar-refractivity contribution in [2.75, 3.05) is 0 Å². The highest BCUT2D eigenvalue weighted by Crippen LogP contribution is 2.26. The molecule has 0 unspecified atom stereocenters. The van der Waals surface area contributed by atoms with Gasteiger partial charge in [0, 0.05) is 16.1 Å². The molecule has 5 nitrogen and oxygen atoms in total. The fourth-order valence-corrected chi connectivity index (χ4v) is 1.63. The van der Waals surface area contributed by atoms with E-state index in [-0.39, 0.29) is 5.69 Å². The van der Waals surface area contributed by atoms with Gasteiger partial charge in [0.05, 0.1) is 4.92 Å². The first-order valence-electron chi connectivity index (χ1n) is 5.11. The van der Waals surface area contributed by atoms with E-state index in [2.05, 4.69) is 20.9 Å². The van der Waals surface area contributed by atoms with Crippen molar-refractivity contribution in [2.24, 2.45) is 0 Å². The summed E-state index contributed by atoms with van der Waals surface area (Å²) < 4.78 is 6.49. The smallest absolute Gasteiger partial charge is 0.288 e. The van der Waals surface area contributed by atoms with Gasteiger partial charge in [0.1, 0.15) is 11.9 Å². The number of hydrogen-bond acceptors (Lipinski definition) is 4. The molecule has 1 heterocycles. The maximum atomic E-state index is 10.6. The Morgan fingerprint density at radius 3 is 2.56 bits per heavy atom. The van der Waals surface area contributed by atoms with Crippen molar-refractivity contribution in [1.29, 1.82) is 0 Å². The van der Waals surface area contributed by atoms with Crippen molar-refractivity contribution < 1.29 is 9.66 Å². The summed E-state index contributed by atoms with van der Waals surface area (Å²) in [5.74, 6) is 0.991. The Hall–Kier alpha value is -1.95. The molecule has 1 aromatic carbocycles. The highest BCUT2D eigenvalue weighted by molar-refractivity contribution is 9.10. The summed E-state index contributed by atoms with van der Waals surface area (Å²) in [5.41, 5.74) is 0.572. The third-order valence-electron chi connectivity index (χ3n) is 2.25. The highest BCUT2D eigenvalue weighted by Gasteiger charge is 2.10. The number of pyridine rings is 1. The second kappa shape index (κ2) is 5.14. The number of ether oxygens (including phenoxy) is 1. The van der Waals surface area contributed by atoms with Gasteiger partial charge in [-0.1, -0.05) is 15.9 Å². The van der Waals surface area contributed by atoms with Crippen LogP contribution < -0.4 is 4.74 Å². The summed E-state index contributed by atoms with van der Waals surface area (Å²) in [7, 11) is 0. The Morgan fingerprint density at radius 2 is 2.00 bits per heavy atom. The first-order valence-corrected chi connectivity index (χ1v) is 5.90. The number of benzene rings is 1. The van der Waals surface area contributed by atoms with Crippen LogP contribution in [0, 0.1) is 17.0 Å². The van der Waals surface area contributed by atoms with Crippen molar-refractivity contribution in [3.8, 4) is 11.6 Å². The minimum absolute atomic E-state index is 0.0457. The number of rotatable bonds is 3. The lowest BCUT2D eigenvalue weighted by atomic mass is 10.3. The predicted octanol–water partition coefficient (Wildman–Crippen LogP) is 3.85. The molecule has 0 amide bonds. The van der Waals surface area contributed by atoms with Crippen LogP contribution in [0.1, 0.15) is 5.56 Å². The molecule has 0 atom stereocenters. The number of halogens is 1. The average Bonchev–Trinajstić information content (AvgIpc) is 2.34. The van der Waals surface area contributed by atoms with E-state index < -0.39 is 4.92 Å². The standard InChI is InChI=1S/C12H9BrN2O3/c1-8-6-10(15(16)17)7-14-12(8)18-11-4-2-9(13)3-5-11/h2-7H,1H3. The number of nitro groups is 1. The molecule has 0 N–H and O–H groups in total. The maximum absolute atomic E-state index is 10.6. The van der Waals surface area contributed by atoms with Gasteiger partial charge in [0.2, 0.25) is 5.88 Å². The minimum atomic E-state index is -0.483. The van der Waals surface area contributed by atoms with E-state index in [4.69, 9.17) is 4.74 Å². The molecule has 0 saturated carbocycles. The molecule has 18 heavy (non-hydrogen) atoms. The third-order valence-corrected chi connectivity index (χ3v) is 2.78. The molecule has 2 aromatic rings. The van der Waals surface area contributed by atoms with E-state index in [1.807, 2.05) is 12.1 Å². The second-order valence-corrected chi connectivity index (χ2v) is 4.54. The first kappa shape index (κ1) is 12.5. The van der Waals surface area contributed by atoms with E-state index in [0.29, 0.717) is 17.2 Å². The normalized spacial score (nSPS) is 10.1. The molecule has 6 heteroatoms. The first-order chi connectivity index (χ1) is 8.56. The summed E-state index contributed by atoms with van der Waals surface area (Å²) in [6.45, 7) is 1.72. The van der Waals surface area contributed by atoms with Crippen molar-refractivity contribution in [2.45, 2.75) is 6.92 Å². The van der Waals surface area contributed by atoms with Gasteiger partial charge in [0.15, 0.2) is 0 Å². The Labute approximate surface area is 112 Å². The SMILES string of the molecule is Cc1cc([N+](=O)[O-])cnc1Oc1ccc(Br)cc1. The molecule has 0 saturated heterocycles. The third kappa shape index (κ3) is 2.84. The molecule has 92 valence electrons. The van der Waals surface area contributed by atoms with Crippen molar-refractivity contribution in [1.82, 2.24) is 4.98 Å². The van der Waals surface area contributed by atoms with Gasteiger partial charge in [-0.15, -0.1) is 0 Å². The van der Waals surface area contributed by atoms with Crippen LogP contribution in [0.3, 0.4) is 0 Å². The van der Waals surface area contributed by atoms with Crippen LogP contribution in [0.25, 0.3) is 0 Å². The van der Waals surface area contributed by atoms with E-state index in [9.17, 15) is 10.1 Å². The minimum Gasteiger partial charge on any atom is -0.439 e. The molecule has 0 radical (unpaired) electrons. The fraction of sp³-hybridized carbons (Fsp3) is 0.0833. The molecule has 0 fully saturated rings. The summed E-state index contributed by atoms with van der Waals surface area (Å²) >= 11 is 3.32. The average molecular weight is 309 g/mol. The number of aryl methyl sites for hydroxylation is 1. The van der Waals surface area contributed by atoms with Gasteiger partial charge >= 0.3 is 0 Å². The zero-order chi connectivity index (χ0) is 13.1. The zero-order valence-electron chi connectivity index (χ0n) is 9.46. The number of nitrogens with zero attached hydrogens (tertiary/aromatic N) is 2. The van der Waals surface area contributed by atoms with Crippen molar-refractivity contribution in [3.63, 3.8) is 0 Å². The topological polar surface area (TPSA) is 65.3 Å². The highest BCUT2D eigenvalue weighted by atomic mass is 79.9. The monoisotopic (exact) mass is 308 g/mol. The van der Waals surface area contributed by atoms with Gasteiger partial charge in [-0.05, 0) is 31.2 Å². The summed E-state index contributed by atoms with van der Waals surface area (Å²) in [6.07, 6.45) is 1.18. The Balaban J connectivity index is 2.24. The van der Waals surface area contributed by atoms with Crippen LogP contribution in [-0.2, 0) is 0 Å². The van der Waals surface area contributed by atoms with Gasteiger partial charge in [-0.25, -0.2) is 4.98 Å². The Bertz CT molecular complexity index is 584. The lowest BCUT2D eigenvalue weighted by molar-refractivity contribution is -0.385. The van der Waals surface area contributed by atoms with E-state index >= 15 is 0 Å². The summed E-state index contributed by atoms with van der Waals surface area (Å²) in [6, 6.07) is 8.69. The zero-order valence-corrected chi connectivity index (χ0v) is 11.0. The van der Waals surface area contributed by atoms with Gasteiger partial charge in [-0.2, -0.15) is 0 Å². The Kier molecular flexibility index (Phi) is 3.57. The van der Waals surface area contributed by atoms with Crippen LogP contribution in [-0.4, -0.2) is 9.91 Å². The predicted molar refractivity (Wildman–Crippen MR) is 69.8 cm³/mol. The van der Waals surface area contributed by atoms with Crippen LogP contribution in [0.4, 0.5) is 5.69 Å². The molecule has 0 bridgehead atoms. The fourth-order valence-electron chi connectivity index (χ4n) is 1.37. The van der Waals surface area contributed by atoms with Gasteiger partial charge < -0.3 is 4.74 Å². The summed E-state index contributed by atoms with van der Waals surface area (Å²) in [4.78, 5) is 14.0. The molecular formula is C12H9BrN2O3. The molecular weight excluding hydrogens is 300 g/mol. The summed E-state index contributed by atoms with van der Waals surface area (Å²) in [5, 5.41) is 10.6. The van der Waals surface area contributed by atoms with E-state index in [0.717, 1.165) is 4.47 Å². The maximum Gasteiger partial charge on any atom is 0.288 e. The molecule has 0 aliphatic heterocycles. The largest absolute Gasteiger partial charge is 0.439 e. The molecule has 0 aliphatic rings. The van der Waals surface area contributed by atoms with Crippen LogP contribution in [0.5, 0.6) is 11.6 Å².